The maximum atomic E-state index is 12.8. The minimum Gasteiger partial charge on any atom is -0.489 e. The number of likely N-dealkylation sites (tertiary alicyclic amines) is 1. The number of pyridine rings is 1. The molecule has 0 radical (unpaired) electrons. The van der Waals surface area contributed by atoms with Crippen LogP contribution in [0.15, 0.2) is 30.6 Å². The summed E-state index contributed by atoms with van der Waals surface area (Å²) in [5, 5.41) is 4.41. The minimum atomic E-state index is -0.343. The van der Waals surface area contributed by atoms with E-state index >= 15 is 0 Å². The van der Waals surface area contributed by atoms with Gasteiger partial charge >= 0.3 is 0 Å². The van der Waals surface area contributed by atoms with Crippen LogP contribution < -0.4 is 4.74 Å². The monoisotopic (exact) mass is 410 g/mol. The molecule has 7 nitrogen and oxygen atoms in total. The molecule has 7 heteroatoms. The van der Waals surface area contributed by atoms with E-state index < -0.39 is 0 Å². The summed E-state index contributed by atoms with van der Waals surface area (Å²) in [5.74, 6) is 1.14. The van der Waals surface area contributed by atoms with E-state index in [1.807, 2.05) is 48.7 Å². The van der Waals surface area contributed by atoms with Crippen molar-refractivity contribution in [1.82, 2.24) is 19.7 Å². The topological polar surface area (TPSA) is 69.5 Å². The molecule has 4 rings (SSSR count). The Morgan fingerprint density at radius 2 is 2.27 bits per heavy atom. The van der Waals surface area contributed by atoms with Gasteiger partial charge in [0, 0.05) is 49.6 Å². The number of rotatable bonds is 5. The third-order valence-corrected chi connectivity index (χ3v) is 6.24. The highest BCUT2D eigenvalue weighted by molar-refractivity contribution is 5.92. The van der Waals surface area contributed by atoms with Crippen molar-refractivity contribution in [2.45, 2.75) is 45.3 Å². The van der Waals surface area contributed by atoms with Crippen LogP contribution in [0.25, 0.3) is 6.08 Å². The molecule has 0 N–H and O–H groups in total. The maximum absolute atomic E-state index is 12.8. The van der Waals surface area contributed by atoms with E-state index in [1.54, 1.807) is 18.5 Å². The van der Waals surface area contributed by atoms with Gasteiger partial charge in [0.15, 0.2) is 0 Å². The van der Waals surface area contributed by atoms with Gasteiger partial charge in [-0.1, -0.05) is 0 Å². The third kappa shape index (κ3) is 4.26. The van der Waals surface area contributed by atoms with E-state index in [2.05, 4.69) is 17.0 Å². The van der Waals surface area contributed by atoms with Gasteiger partial charge < -0.3 is 14.4 Å². The summed E-state index contributed by atoms with van der Waals surface area (Å²) in [4.78, 5) is 18.8. The predicted molar refractivity (Wildman–Crippen MR) is 114 cm³/mol. The van der Waals surface area contributed by atoms with Crippen molar-refractivity contribution in [2.24, 2.45) is 13.0 Å². The summed E-state index contributed by atoms with van der Waals surface area (Å²) >= 11 is 0. The molecule has 0 aromatic carbocycles. The molecule has 30 heavy (non-hydrogen) atoms. The fraction of sp³-hybridized carbons (Fsp3) is 0.522. The first-order chi connectivity index (χ1) is 14.3. The predicted octanol–water partition coefficient (Wildman–Crippen LogP) is 2.92. The van der Waals surface area contributed by atoms with E-state index in [4.69, 9.17) is 9.47 Å². The lowest BCUT2D eigenvalue weighted by molar-refractivity contribution is -0.129. The lowest BCUT2D eigenvalue weighted by Gasteiger charge is -2.33. The molecule has 2 fully saturated rings. The van der Waals surface area contributed by atoms with Gasteiger partial charge in [0.05, 0.1) is 18.0 Å². The number of fused-ring (bicyclic) bond motifs is 1. The highest BCUT2D eigenvalue weighted by atomic mass is 16.6. The van der Waals surface area contributed by atoms with Crippen LogP contribution in [0, 0.1) is 19.8 Å². The first-order valence-corrected chi connectivity index (χ1v) is 10.5. The molecule has 0 spiro atoms. The molecule has 0 saturated carbocycles. The first kappa shape index (κ1) is 20.6. The van der Waals surface area contributed by atoms with E-state index in [1.165, 1.54) is 0 Å². The van der Waals surface area contributed by atoms with Gasteiger partial charge in [-0.2, -0.15) is 5.10 Å². The molecule has 160 valence electrons. The smallest absolute Gasteiger partial charge is 0.246 e. The summed E-state index contributed by atoms with van der Waals surface area (Å²) in [6, 6.07) is 3.76. The molecule has 2 aromatic rings. The summed E-state index contributed by atoms with van der Waals surface area (Å²) in [6.07, 6.45) is 8.93. The number of carbonyl (C=O) groups is 1. The Labute approximate surface area is 177 Å². The Balaban J connectivity index is 1.35. The Kier molecular flexibility index (Phi) is 5.64. The second-order valence-electron chi connectivity index (χ2n) is 8.66. The van der Waals surface area contributed by atoms with Gasteiger partial charge in [-0.05, 0) is 51.8 Å². The molecule has 0 bridgehead atoms. The second-order valence-corrected chi connectivity index (χ2v) is 8.66. The van der Waals surface area contributed by atoms with Gasteiger partial charge in [0.1, 0.15) is 18.0 Å². The van der Waals surface area contributed by atoms with Crippen molar-refractivity contribution in [3.05, 3.63) is 47.6 Å². The molecule has 0 aliphatic carbocycles. The number of aryl methyl sites for hydroxylation is 2. The van der Waals surface area contributed by atoms with Crippen LogP contribution in [0.4, 0.5) is 0 Å². The van der Waals surface area contributed by atoms with Gasteiger partial charge in [-0.15, -0.1) is 0 Å². The summed E-state index contributed by atoms with van der Waals surface area (Å²) in [7, 11) is 1.92. The molecular weight excluding hydrogens is 380 g/mol. The van der Waals surface area contributed by atoms with Crippen LogP contribution >= 0.6 is 0 Å². The van der Waals surface area contributed by atoms with Crippen molar-refractivity contribution in [1.29, 1.82) is 0 Å². The molecular formula is C23H30N4O3. The van der Waals surface area contributed by atoms with Gasteiger partial charge in [-0.25, -0.2) is 0 Å². The number of amides is 1. The highest BCUT2D eigenvalue weighted by Gasteiger charge is 2.46. The maximum Gasteiger partial charge on any atom is 0.246 e. The number of ether oxygens (including phenoxy) is 2. The average Bonchev–Trinajstić information content (AvgIpc) is 3.20. The lowest BCUT2D eigenvalue weighted by Crippen LogP contribution is -2.43. The molecule has 3 atom stereocenters. The standard InChI is InChI=1S/C23H30N4O3/c1-16-20(17(2)26(4)25-16)7-8-22(28)27-11-9-21-18(14-27)12-23(3,30-21)15-29-19-6-5-10-24-13-19/h5-8,10,13,18,21H,9,11-12,14-15H2,1-4H3/b8-7+/t18-,21+,23-/m1/s1. The molecule has 2 aliphatic heterocycles. The third-order valence-electron chi connectivity index (χ3n) is 6.24. The molecule has 2 saturated heterocycles. The normalized spacial score (nSPS) is 26.2. The van der Waals surface area contributed by atoms with Crippen molar-refractivity contribution in [3.8, 4) is 5.75 Å². The summed E-state index contributed by atoms with van der Waals surface area (Å²) in [5.41, 5.74) is 2.67. The van der Waals surface area contributed by atoms with E-state index in [0.717, 1.165) is 48.6 Å². The quantitative estimate of drug-likeness (QED) is 0.709. The zero-order chi connectivity index (χ0) is 21.3. The van der Waals surface area contributed by atoms with Crippen LogP contribution in [0.1, 0.15) is 36.7 Å². The first-order valence-electron chi connectivity index (χ1n) is 10.5. The van der Waals surface area contributed by atoms with Crippen LogP contribution in [-0.4, -0.2) is 57.0 Å². The van der Waals surface area contributed by atoms with Crippen molar-refractivity contribution >= 4 is 12.0 Å². The fourth-order valence-electron chi connectivity index (χ4n) is 4.58. The molecule has 1 amide bonds. The summed E-state index contributed by atoms with van der Waals surface area (Å²) in [6.45, 7) is 8.00. The molecule has 2 aromatic heterocycles. The Morgan fingerprint density at radius 3 is 2.97 bits per heavy atom. The second kappa shape index (κ2) is 8.22. The number of carbonyl (C=O) groups excluding carboxylic acids is 1. The zero-order valence-corrected chi connectivity index (χ0v) is 18.2. The number of hydrogen-bond acceptors (Lipinski definition) is 5. The van der Waals surface area contributed by atoms with Crippen LogP contribution in [-0.2, 0) is 16.6 Å². The lowest BCUT2D eigenvalue weighted by atomic mass is 9.89. The van der Waals surface area contributed by atoms with E-state index in [9.17, 15) is 4.79 Å². The minimum absolute atomic E-state index is 0.0521. The van der Waals surface area contributed by atoms with E-state index in [0.29, 0.717) is 12.5 Å². The summed E-state index contributed by atoms with van der Waals surface area (Å²) < 4.78 is 14.1. The van der Waals surface area contributed by atoms with Crippen molar-refractivity contribution in [2.75, 3.05) is 19.7 Å². The van der Waals surface area contributed by atoms with Crippen LogP contribution in [0.2, 0.25) is 0 Å². The van der Waals surface area contributed by atoms with Crippen molar-refractivity contribution in [3.63, 3.8) is 0 Å². The Bertz CT molecular complexity index is 939. The number of aromatic nitrogens is 3. The molecule has 2 aliphatic rings. The fourth-order valence-corrected chi connectivity index (χ4v) is 4.58. The highest BCUT2D eigenvalue weighted by Crippen LogP contribution is 2.39. The van der Waals surface area contributed by atoms with Gasteiger partial charge in [-0.3, -0.25) is 14.5 Å². The molecule has 0 unspecified atom stereocenters. The SMILES string of the molecule is Cc1nn(C)c(C)c1/C=C/C(=O)N1CC[C@@H]2O[C@@](C)(COc3cccnc3)C[C@@H]2C1. The zero-order valence-electron chi connectivity index (χ0n) is 18.2. The van der Waals surface area contributed by atoms with Crippen LogP contribution in [0.3, 0.4) is 0 Å². The number of nitrogens with zero attached hydrogens (tertiary/aromatic N) is 4. The van der Waals surface area contributed by atoms with Gasteiger partial charge in [0.25, 0.3) is 0 Å². The van der Waals surface area contributed by atoms with Crippen molar-refractivity contribution < 1.29 is 14.3 Å². The Hall–Kier alpha value is -2.67. The Morgan fingerprint density at radius 1 is 1.43 bits per heavy atom. The number of piperidine rings is 1. The van der Waals surface area contributed by atoms with Crippen LogP contribution in [0.5, 0.6) is 5.75 Å². The number of hydrogen-bond donors (Lipinski definition) is 0. The van der Waals surface area contributed by atoms with Gasteiger partial charge in [0.2, 0.25) is 5.91 Å². The van der Waals surface area contributed by atoms with E-state index in [-0.39, 0.29) is 17.6 Å². The molecule has 4 heterocycles. The largest absolute Gasteiger partial charge is 0.489 e. The average molecular weight is 411 g/mol.